The van der Waals surface area contributed by atoms with Crippen molar-refractivity contribution in [2.75, 3.05) is 6.54 Å². The van der Waals surface area contributed by atoms with Gasteiger partial charge in [-0.15, -0.1) is 0 Å². The van der Waals surface area contributed by atoms with Gasteiger partial charge in [-0.3, -0.25) is 4.79 Å². The van der Waals surface area contributed by atoms with Crippen LogP contribution in [-0.2, 0) is 4.79 Å². The van der Waals surface area contributed by atoms with Crippen LogP contribution in [0.1, 0.15) is 34.1 Å². The van der Waals surface area contributed by atoms with Crippen LogP contribution in [0.25, 0.3) is 0 Å². The van der Waals surface area contributed by atoms with Crippen LogP contribution in [0.2, 0.25) is 0 Å². The fourth-order valence-corrected chi connectivity index (χ4v) is 2.95. The van der Waals surface area contributed by atoms with E-state index in [0.29, 0.717) is 12.5 Å². The maximum absolute atomic E-state index is 11.7. The van der Waals surface area contributed by atoms with Gasteiger partial charge in [-0.1, -0.05) is 27.7 Å². The molecule has 0 aromatic rings. The second-order valence-electron chi connectivity index (χ2n) is 5.86. The van der Waals surface area contributed by atoms with E-state index < -0.39 is 0 Å². The van der Waals surface area contributed by atoms with Crippen molar-refractivity contribution in [3.63, 3.8) is 0 Å². The lowest BCUT2D eigenvalue weighted by Gasteiger charge is -2.18. The minimum Gasteiger partial charge on any atom is -0.337 e. The lowest BCUT2D eigenvalue weighted by atomic mass is 10.0. The summed E-state index contributed by atoms with van der Waals surface area (Å²) < 4.78 is 0. The number of rotatable bonds is 1. The van der Waals surface area contributed by atoms with Gasteiger partial charge in [-0.05, 0) is 10.8 Å². The SMILES string of the molecule is CC1(C)C(N2CC(N)CC2=O)C1(C)C. The number of likely N-dealkylation sites (tertiary alicyclic amines) is 1. The van der Waals surface area contributed by atoms with Crippen molar-refractivity contribution in [1.82, 2.24) is 4.90 Å². The maximum atomic E-state index is 11.7. The van der Waals surface area contributed by atoms with Crippen molar-refractivity contribution in [1.29, 1.82) is 0 Å². The molecular formula is C11H20N2O. The summed E-state index contributed by atoms with van der Waals surface area (Å²) in [7, 11) is 0. The minimum absolute atomic E-state index is 0.0506. The third-order valence-electron chi connectivity index (χ3n) is 4.44. The molecule has 1 heterocycles. The molecule has 0 bridgehead atoms. The van der Waals surface area contributed by atoms with Gasteiger partial charge in [-0.2, -0.15) is 0 Å². The number of carbonyl (C=O) groups is 1. The van der Waals surface area contributed by atoms with Crippen LogP contribution in [0.3, 0.4) is 0 Å². The highest BCUT2D eigenvalue weighted by Gasteiger charge is 2.68. The Labute approximate surface area is 85.6 Å². The first-order chi connectivity index (χ1) is 6.28. The summed E-state index contributed by atoms with van der Waals surface area (Å²) in [6.07, 6.45) is 0.530. The zero-order valence-electron chi connectivity index (χ0n) is 9.50. The second-order valence-corrected chi connectivity index (χ2v) is 5.86. The van der Waals surface area contributed by atoms with Crippen LogP contribution >= 0.6 is 0 Å². The molecule has 3 heteroatoms. The normalized spacial score (nSPS) is 35.1. The molecule has 0 spiro atoms. The second kappa shape index (κ2) is 2.51. The van der Waals surface area contributed by atoms with Gasteiger partial charge in [0, 0.05) is 25.0 Å². The smallest absolute Gasteiger partial charge is 0.224 e. The lowest BCUT2D eigenvalue weighted by Crippen LogP contribution is -2.33. The van der Waals surface area contributed by atoms with E-state index >= 15 is 0 Å². The Morgan fingerprint density at radius 2 is 1.79 bits per heavy atom. The first kappa shape index (κ1) is 9.97. The van der Waals surface area contributed by atoms with Crippen molar-refractivity contribution < 1.29 is 4.79 Å². The molecule has 1 saturated carbocycles. The van der Waals surface area contributed by atoms with Gasteiger partial charge in [0.1, 0.15) is 0 Å². The van der Waals surface area contributed by atoms with E-state index in [-0.39, 0.29) is 22.8 Å². The molecule has 1 amide bonds. The molecule has 1 unspecified atom stereocenters. The molecule has 1 atom stereocenters. The standard InChI is InChI=1S/C11H20N2O/c1-10(2)9(11(10,3)4)13-6-7(12)5-8(13)14/h7,9H,5-6,12H2,1-4H3. The maximum Gasteiger partial charge on any atom is 0.224 e. The highest BCUT2D eigenvalue weighted by Crippen LogP contribution is 2.65. The van der Waals surface area contributed by atoms with Crippen molar-refractivity contribution in [2.45, 2.75) is 46.2 Å². The predicted octanol–water partition coefficient (Wildman–Crippen LogP) is 0.981. The summed E-state index contributed by atoms with van der Waals surface area (Å²) in [5.41, 5.74) is 6.28. The van der Waals surface area contributed by atoms with Crippen LogP contribution in [0.5, 0.6) is 0 Å². The molecule has 2 N–H and O–H groups in total. The number of nitrogens with two attached hydrogens (primary N) is 1. The fraction of sp³-hybridized carbons (Fsp3) is 0.909. The minimum atomic E-state index is 0.0506. The predicted molar refractivity (Wildman–Crippen MR) is 55.7 cm³/mol. The van der Waals surface area contributed by atoms with Gasteiger partial charge in [0.25, 0.3) is 0 Å². The summed E-state index contributed by atoms with van der Waals surface area (Å²) in [5, 5.41) is 0. The van der Waals surface area contributed by atoms with Gasteiger partial charge < -0.3 is 10.6 Å². The molecule has 1 saturated heterocycles. The van der Waals surface area contributed by atoms with E-state index in [1.807, 2.05) is 4.90 Å². The third kappa shape index (κ3) is 1.05. The van der Waals surface area contributed by atoms with Crippen molar-refractivity contribution in [3.05, 3.63) is 0 Å². The van der Waals surface area contributed by atoms with E-state index in [1.54, 1.807) is 0 Å². The molecule has 0 aromatic heterocycles. The monoisotopic (exact) mass is 196 g/mol. The molecule has 2 fully saturated rings. The van der Waals surface area contributed by atoms with Crippen LogP contribution < -0.4 is 5.73 Å². The molecule has 80 valence electrons. The molecule has 0 radical (unpaired) electrons. The molecule has 14 heavy (non-hydrogen) atoms. The van der Waals surface area contributed by atoms with Crippen LogP contribution in [0.4, 0.5) is 0 Å². The largest absolute Gasteiger partial charge is 0.337 e. The summed E-state index contributed by atoms with van der Waals surface area (Å²) in [6, 6.07) is 0.436. The fourth-order valence-electron chi connectivity index (χ4n) is 2.95. The molecule has 2 aliphatic rings. The number of carbonyl (C=O) groups excluding carboxylic acids is 1. The summed E-state index contributed by atoms with van der Waals surface area (Å²) >= 11 is 0. The third-order valence-corrected chi connectivity index (χ3v) is 4.44. The number of hydrogen-bond acceptors (Lipinski definition) is 2. The zero-order chi connectivity index (χ0) is 10.7. The van der Waals surface area contributed by atoms with E-state index in [4.69, 9.17) is 5.73 Å². The van der Waals surface area contributed by atoms with Crippen molar-refractivity contribution in [3.8, 4) is 0 Å². The Bertz CT molecular complexity index is 269. The van der Waals surface area contributed by atoms with Gasteiger partial charge in [0.2, 0.25) is 5.91 Å². The Balaban J connectivity index is 2.16. The highest BCUT2D eigenvalue weighted by atomic mass is 16.2. The number of hydrogen-bond donors (Lipinski definition) is 1. The molecule has 0 aromatic carbocycles. The lowest BCUT2D eigenvalue weighted by molar-refractivity contribution is -0.128. The average Bonchev–Trinajstić information content (AvgIpc) is 2.32. The Morgan fingerprint density at radius 3 is 2.07 bits per heavy atom. The van der Waals surface area contributed by atoms with Crippen LogP contribution in [0.15, 0.2) is 0 Å². The summed E-state index contributed by atoms with van der Waals surface area (Å²) in [6.45, 7) is 9.67. The molecule has 3 nitrogen and oxygen atoms in total. The molecular weight excluding hydrogens is 176 g/mol. The molecule has 1 aliphatic carbocycles. The number of amides is 1. The Morgan fingerprint density at radius 1 is 1.29 bits per heavy atom. The van der Waals surface area contributed by atoms with Gasteiger partial charge >= 0.3 is 0 Å². The van der Waals surface area contributed by atoms with E-state index in [2.05, 4.69) is 27.7 Å². The Hall–Kier alpha value is -0.570. The van der Waals surface area contributed by atoms with Crippen LogP contribution in [-0.4, -0.2) is 29.4 Å². The van der Waals surface area contributed by atoms with E-state index in [1.165, 1.54) is 0 Å². The highest BCUT2D eigenvalue weighted by molar-refractivity contribution is 5.80. The van der Waals surface area contributed by atoms with Crippen molar-refractivity contribution in [2.24, 2.45) is 16.6 Å². The first-order valence-corrected chi connectivity index (χ1v) is 5.33. The quantitative estimate of drug-likeness (QED) is 0.679. The van der Waals surface area contributed by atoms with E-state index in [9.17, 15) is 4.79 Å². The Kier molecular flexibility index (Phi) is 1.79. The summed E-state index contributed by atoms with van der Waals surface area (Å²) in [5.74, 6) is 0.237. The van der Waals surface area contributed by atoms with Gasteiger partial charge in [0.15, 0.2) is 0 Å². The van der Waals surface area contributed by atoms with Gasteiger partial charge in [-0.25, -0.2) is 0 Å². The molecule has 1 aliphatic heterocycles. The first-order valence-electron chi connectivity index (χ1n) is 5.33. The van der Waals surface area contributed by atoms with E-state index in [0.717, 1.165) is 6.54 Å². The van der Waals surface area contributed by atoms with Crippen molar-refractivity contribution >= 4 is 5.91 Å². The van der Waals surface area contributed by atoms with Gasteiger partial charge in [0.05, 0.1) is 0 Å². The average molecular weight is 196 g/mol. The number of nitrogens with zero attached hydrogens (tertiary/aromatic N) is 1. The summed E-state index contributed by atoms with van der Waals surface area (Å²) in [4.78, 5) is 13.7. The zero-order valence-corrected chi connectivity index (χ0v) is 9.50. The molecule has 2 rings (SSSR count). The van der Waals surface area contributed by atoms with Crippen LogP contribution in [0, 0.1) is 10.8 Å². The topological polar surface area (TPSA) is 46.3 Å².